The van der Waals surface area contributed by atoms with E-state index in [1.165, 1.54) is 4.57 Å². The number of anilines is 1. The van der Waals surface area contributed by atoms with Crippen molar-refractivity contribution in [2.24, 2.45) is 0 Å². The number of amides is 3. The van der Waals surface area contributed by atoms with Crippen molar-refractivity contribution < 1.29 is 18.8 Å². The van der Waals surface area contributed by atoms with Gasteiger partial charge in [0.2, 0.25) is 17.7 Å². The molecule has 0 saturated carbocycles. The van der Waals surface area contributed by atoms with Crippen molar-refractivity contribution in [3.05, 3.63) is 64.6 Å². The van der Waals surface area contributed by atoms with E-state index in [0.29, 0.717) is 49.0 Å². The number of nitrogens with zero attached hydrogens (tertiary/aromatic N) is 1. The van der Waals surface area contributed by atoms with Crippen molar-refractivity contribution in [1.29, 1.82) is 0 Å². The monoisotopic (exact) mass is 435 g/mol. The van der Waals surface area contributed by atoms with Crippen LogP contribution in [0.15, 0.2) is 57.7 Å². The number of oxazole rings is 1. The maximum Gasteiger partial charge on any atom is 0.419 e. The van der Waals surface area contributed by atoms with E-state index in [2.05, 4.69) is 10.6 Å². The molecule has 1 unspecified atom stereocenters. The van der Waals surface area contributed by atoms with Crippen LogP contribution in [0.3, 0.4) is 0 Å². The van der Waals surface area contributed by atoms with E-state index in [-0.39, 0.29) is 24.1 Å². The minimum atomic E-state index is -0.725. The molecule has 0 radical (unpaired) electrons. The third-order valence-corrected chi connectivity index (χ3v) is 6.15. The largest absolute Gasteiger partial charge is 0.419 e. The van der Waals surface area contributed by atoms with Crippen LogP contribution in [0.4, 0.5) is 5.69 Å². The van der Waals surface area contributed by atoms with Crippen LogP contribution in [0.1, 0.15) is 44.6 Å². The molecule has 3 amide bonds. The van der Waals surface area contributed by atoms with Crippen LogP contribution in [0, 0.1) is 0 Å². The Balaban J connectivity index is 1.36. The SMILES string of the molecule is CCC1(c2ccc(NC(=O)CCCn3c(=O)oc4ccccc43)cc2)CCC(=O)NC1=O. The summed E-state index contributed by atoms with van der Waals surface area (Å²) in [5, 5.41) is 5.29. The molecule has 166 valence electrons. The zero-order valence-electron chi connectivity index (χ0n) is 17.8. The van der Waals surface area contributed by atoms with Gasteiger partial charge in [0.1, 0.15) is 0 Å². The predicted molar refractivity (Wildman–Crippen MR) is 119 cm³/mol. The number of aryl methyl sites for hydroxylation is 1. The lowest BCUT2D eigenvalue weighted by molar-refractivity contribution is -0.138. The Morgan fingerprint density at radius 2 is 1.88 bits per heavy atom. The number of carbonyl (C=O) groups excluding carboxylic acids is 3. The summed E-state index contributed by atoms with van der Waals surface area (Å²) in [5.41, 5.74) is 1.98. The molecule has 1 fully saturated rings. The number of imide groups is 1. The first-order valence-electron chi connectivity index (χ1n) is 10.8. The van der Waals surface area contributed by atoms with Gasteiger partial charge in [0.25, 0.3) is 0 Å². The molecule has 2 N–H and O–H groups in total. The van der Waals surface area contributed by atoms with Crippen LogP contribution in [0.2, 0.25) is 0 Å². The second-order valence-electron chi connectivity index (χ2n) is 8.03. The number of nitrogens with one attached hydrogen (secondary N) is 2. The number of benzene rings is 2. The van der Waals surface area contributed by atoms with Crippen molar-refractivity contribution in [2.45, 2.75) is 51.0 Å². The van der Waals surface area contributed by atoms with Gasteiger partial charge >= 0.3 is 5.76 Å². The fourth-order valence-corrected chi connectivity index (χ4v) is 4.29. The maximum atomic E-state index is 12.5. The lowest BCUT2D eigenvalue weighted by atomic mass is 9.72. The van der Waals surface area contributed by atoms with E-state index in [4.69, 9.17) is 4.42 Å². The number of hydrogen-bond acceptors (Lipinski definition) is 5. The summed E-state index contributed by atoms with van der Waals surface area (Å²) in [4.78, 5) is 48.4. The fraction of sp³-hybridized carbons (Fsp3) is 0.333. The van der Waals surface area contributed by atoms with Crippen LogP contribution >= 0.6 is 0 Å². The highest BCUT2D eigenvalue weighted by Crippen LogP contribution is 2.36. The fourth-order valence-electron chi connectivity index (χ4n) is 4.29. The third kappa shape index (κ3) is 4.08. The summed E-state index contributed by atoms with van der Waals surface area (Å²) >= 11 is 0. The molecular formula is C24H25N3O5. The number of hydrogen-bond donors (Lipinski definition) is 2. The Hall–Kier alpha value is -3.68. The van der Waals surface area contributed by atoms with Gasteiger partial charge in [0.05, 0.1) is 10.9 Å². The van der Waals surface area contributed by atoms with Gasteiger partial charge in [-0.3, -0.25) is 24.3 Å². The Morgan fingerprint density at radius 1 is 1.12 bits per heavy atom. The number of carbonyl (C=O) groups is 3. The lowest BCUT2D eigenvalue weighted by Crippen LogP contribution is -2.51. The van der Waals surface area contributed by atoms with Crippen LogP contribution in [0.25, 0.3) is 11.1 Å². The van der Waals surface area contributed by atoms with Gasteiger partial charge < -0.3 is 9.73 Å². The highest BCUT2D eigenvalue weighted by Gasteiger charge is 2.42. The second kappa shape index (κ2) is 8.82. The normalized spacial score (nSPS) is 18.5. The molecule has 2 heterocycles. The van der Waals surface area contributed by atoms with E-state index in [9.17, 15) is 19.2 Å². The van der Waals surface area contributed by atoms with Crippen LogP contribution in [-0.4, -0.2) is 22.3 Å². The number of fused-ring (bicyclic) bond motifs is 1. The molecule has 3 aromatic rings. The van der Waals surface area contributed by atoms with Gasteiger partial charge in [-0.15, -0.1) is 0 Å². The van der Waals surface area contributed by atoms with E-state index in [0.717, 1.165) is 5.56 Å². The first kappa shape index (κ1) is 21.5. The lowest BCUT2D eigenvalue weighted by Gasteiger charge is -2.35. The molecule has 1 atom stereocenters. The number of para-hydroxylation sites is 2. The van der Waals surface area contributed by atoms with Crippen molar-refractivity contribution in [1.82, 2.24) is 9.88 Å². The molecule has 0 spiro atoms. The molecular weight excluding hydrogens is 410 g/mol. The number of rotatable bonds is 7. The van der Waals surface area contributed by atoms with Crippen LogP contribution in [-0.2, 0) is 26.3 Å². The minimum Gasteiger partial charge on any atom is -0.408 e. The van der Waals surface area contributed by atoms with Gasteiger partial charge in [0.15, 0.2) is 5.58 Å². The summed E-state index contributed by atoms with van der Waals surface area (Å²) in [6, 6.07) is 14.4. The Kier molecular flexibility index (Phi) is 5.94. The first-order valence-corrected chi connectivity index (χ1v) is 10.8. The summed E-state index contributed by atoms with van der Waals surface area (Å²) in [5.74, 6) is -1.10. The summed E-state index contributed by atoms with van der Waals surface area (Å²) in [6.45, 7) is 2.31. The second-order valence-corrected chi connectivity index (χ2v) is 8.03. The zero-order valence-corrected chi connectivity index (χ0v) is 17.8. The van der Waals surface area contributed by atoms with E-state index in [1.54, 1.807) is 24.3 Å². The molecule has 0 bridgehead atoms. The van der Waals surface area contributed by atoms with Gasteiger partial charge in [0, 0.05) is 25.1 Å². The van der Waals surface area contributed by atoms with Gasteiger partial charge in [-0.25, -0.2) is 4.79 Å². The predicted octanol–water partition coefficient (Wildman–Crippen LogP) is 3.10. The molecule has 8 nitrogen and oxygen atoms in total. The molecule has 1 aromatic heterocycles. The Morgan fingerprint density at radius 3 is 2.59 bits per heavy atom. The number of piperidine rings is 1. The first-order chi connectivity index (χ1) is 15.4. The van der Waals surface area contributed by atoms with Crippen LogP contribution in [0.5, 0.6) is 0 Å². The highest BCUT2D eigenvalue weighted by molar-refractivity contribution is 6.03. The Labute approximate surface area is 184 Å². The standard InChI is InChI=1S/C24H25N3O5/c1-2-24(14-13-21(29)26-22(24)30)16-9-11-17(12-10-16)25-20(28)8-5-15-27-18-6-3-4-7-19(18)32-23(27)31/h3-4,6-7,9-12H,2,5,8,13-15H2,1H3,(H,25,28)(H,26,29,30). The smallest absolute Gasteiger partial charge is 0.408 e. The van der Waals surface area contributed by atoms with Gasteiger partial charge in [-0.05, 0) is 49.1 Å². The van der Waals surface area contributed by atoms with E-state index < -0.39 is 11.2 Å². The van der Waals surface area contributed by atoms with Crippen molar-refractivity contribution in [2.75, 3.05) is 5.32 Å². The highest BCUT2D eigenvalue weighted by atomic mass is 16.4. The summed E-state index contributed by atoms with van der Waals surface area (Å²) in [7, 11) is 0. The molecule has 0 aliphatic carbocycles. The molecule has 32 heavy (non-hydrogen) atoms. The molecule has 1 aliphatic rings. The zero-order chi connectivity index (χ0) is 22.7. The molecule has 1 saturated heterocycles. The van der Waals surface area contributed by atoms with Crippen LogP contribution < -0.4 is 16.4 Å². The third-order valence-electron chi connectivity index (χ3n) is 6.15. The molecule has 4 rings (SSSR count). The van der Waals surface area contributed by atoms with E-state index in [1.807, 2.05) is 31.2 Å². The topological polar surface area (TPSA) is 110 Å². The number of aromatic nitrogens is 1. The van der Waals surface area contributed by atoms with E-state index >= 15 is 0 Å². The molecule has 8 heteroatoms. The average molecular weight is 435 g/mol. The summed E-state index contributed by atoms with van der Waals surface area (Å²) < 4.78 is 6.73. The van der Waals surface area contributed by atoms with Gasteiger partial charge in [-0.1, -0.05) is 31.2 Å². The molecule has 2 aromatic carbocycles. The maximum absolute atomic E-state index is 12.5. The Bertz CT molecular complexity index is 1220. The van der Waals surface area contributed by atoms with Crippen molar-refractivity contribution >= 4 is 34.5 Å². The molecule has 1 aliphatic heterocycles. The van der Waals surface area contributed by atoms with Crippen molar-refractivity contribution in [3.63, 3.8) is 0 Å². The average Bonchev–Trinajstić information content (AvgIpc) is 3.10. The quantitative estimate of drug-likeness (QED) is 0.554. The van der Waals surface area contributed by atoms with Crippen molar-refractivity contribution in [3.8, 4) is 0 Å². The summed E-state index contributed by atoms with van der Waals surface area (Å²) in [6.07, 6.45) is 2.10. The van der Waals surface area contributed by atoms with Gasteiger partial charge in [-0.2, -0.15) is 0 Å². The minimum absolute atomic E-state index is 0.162.